The Balaban J connectivity index is 2.03. The predicted octanol–water partition coefficient (Wildman–Crippen LogP) is 3.24. The van der Waals surface area contributed by atoms with Crippen LogP contribution in [-0.4, -0.2) is 13.2 Å². The lowest BCUT2D eigenvalue weighted by Gasteiger charge is -2.11. The average Bonchev–Trinajstić information content (AvgIpc) is 2.63. The maximum Gasteiger partial charge on any atom is 0.161 e. The van der Waals surface area contributed by atoms with Crippen LogP contribution in [0.4, 0.5) is 10.1 Å². The van der Waals surface area contributed by atoms with Gasteiger partial charge in [-0.1, -0.05) is 6.07 Å². The number of nitrogens with two attached hydrogens (primary N) is 1. The van der Waals surface area contributed by atoms with Crippen molar-refractivity contribution in [3.8, 4) is 22.6 Å². The van der Waals surface area contributed by atoms with Crippen LogP contribution in [0, 0.1) is 5.82 Å². The molecular weight excluding hydrogens is 245 g/mol. The molecule has 0 saturated heterocycles. The highest BCUT2D eigenvalue weighted by Gasteiger charge is 2.12. The number of ether oxygens (including phenoxy) is 2. The van der Waals surface area contributed by atoms with Crippen molar-refractivity contribution in [3.63, 3.8) is 0 Å². The number of halogens is 1. The van der Waals surface area contributed by atoms with Gasteiger partial charge >= 0.3 is 0 Å². The van der Waals surface area contributed by atoms with Crippen LogP contribution in [0.3, 0.4) is 0 Å². The topological polar surface area (TPSA) is 44.5 Å². The van der Waals surface area contributed by atoms with Gasteiger partial charge in [0.1, 0.15) is 5.82 Å². The van der Waals surface area contributed by atoms with E-state index in [0.29, 0.717) is 24.7 Å². The number of nitrogen functional groups attached to an aromatic ring is 1. The molecule has 1 aliphatic heterocycles. The smallest absolute Gasteiger partial charge is 0.161 e. The SMILES string of the molecule is Nc1cc(F)ccc1-c1ccc2c(c1)OCCCO2. The summed E-state index contributed by atoms with van der Waals surface area (Å²) in [6.45, 7) is 1.29. The van der Waals surface area contributed by atoms with Crippen LogP contribution in [0.15, 0.2) is 36.4 Å². The van der Waals surface area contributed by atoms with Crippen molar-refractivity contribution in [2.45, 2.75) is 6.42 Å². The minimum atomic E-state index is -0.337. The Labute approximate surface area is 110 Å². The number of hydrogen-bond acceptors (Lipinski definition) is 3. The van der Waals surface area contributed by atoms with Gasteiger partial charge in [0.15, 0.2) is 11.5 Å². The first-order valence-corrected chi connectivity index (χ1v) is 6.19. The molecule has 0 aromatic heterocycles. The summed E-state index contributed by atoms with van der Waals surface area (Å²) in [6, 6.07) is 10.0. The Kier molecular flexibility index (Phi) is 2.99. The van der Waals surface area contributed by atoms with Gasteiger partial charge in [0.2, 0.25) is 0 Å². The largest absolute Gasteiger partial charge is 0.490 e. The zero-order valence-electron chi connectivity index (χ0n) is 10.4. The summed E-state index contributed by atoms with van der Waals surface area (Å²) in [6.07, 6.45) is 0.864. The van der Waals surface area contributed by atoms with Crippen LogP contribution in [-0.2, 0) is 0 Å². The van der Waals surface area contributed by atoms with Crippen LogP contribution >= 0.6 is 0 Å². The number of anilines is 1. The molecule has 19 heavy (non-hydrogen) atoms. The highest BCUT2D eigenvalue weighted by Crippen LogP contribution is 2.36. The van der Waals surface area contributed by atoms with E-state index in [-0.39, 0.29) is 5.82 Å². The van der Waals surface area contributed by atoms with E-state index in [4.69, 9.17) is 15.2 Å². The second-order valence-corrected chi connectivity index (χ2v) is 4.44. The molecule has 1 heterocycles. The van der Waals surface area contributed by atoms with E-state index >= 15 is 0 Å². The minimum Gasteiger partial charge on any atom is -0.490 e. The molecule has 98 valence electrons. The molecule has 0 bridgehead atoms. The van der Waals surface area contributed by atoms with Gasteiger partial charge in [-0.15, -0.1) is 0 Å². The van der Waals surface area contributed by atoms with Gasteiger partial charge in [-0.05, 0) is 35.9 Å². The first kappa shape index (κ1) is 11.8. The van der Waals surface area contributed by atoms with Gasteiger partial charge in [0, 0.05) is 17.7 Å². The predicted molar refractivity (Wildman–Crippen MR) is 71.9 cm³/mol. The Bertz CT molecular complexity index is 613. The summed E-state index contributed by atoms with van der Waals surface area (Å²) in [5.41, 5.74) is 7.94. The average molecular weight is 259 g/mol. The summed E-state index contributed by atoms with van der Waals surface area (Å²) in [7, 11) is 0. The molecule has 0 atom stereocenters. The Hall–Kier alpha value is -2.23. The zero-order chi connectivity index (χ0) is 13.2. The molecule has 0 aliphatic carbocycles. The third kappa shape index (κ3) is 2.34. The van der Waals surface area contributed by atoms with E-state index in [1.165, 1.54) is 12.1 Å². The zero-order valence-corrected chi connectivity index (χ0v) is 10.4. The summed E-state index contributed by atoms with van der Waals surface area (Å²) in [5.74, 6) is 1.11. The third-order valence-electron chi connectivity index (χ3n) is 3.07. The fourth-order valence-corrected chi connectivity index (χ4v) is 2.13. The van der Waals surface area contributed by atoms with Crippen molar-refractivity contribution in [2.24, 2.45) is 0 Å². The molecule has 0 fully saturated rings. The van der Waals surface area contributed by atoms with E-state index in [9.17, 15) is 4.39 Å². The first-order valence-electron chi connectivity index (χ1n) is 6.19. The summed E-state index contributed by atoms with van der Waals surface area (Å²) < 4.78 is 24.3. The highest BCUT2D eigenvalue weighted by molar-refractivity contribution is 5.77. The molecule has 0 amide bonds. The van der Waals surface area contributed by atoms with E-state index in [1.807, 2.05) is 18.2 Å². The quantitative estimate of drug-likeness (QED) is 0.800. The lowest BCUT2D eigenvalue weighted by Crippen LogP contribution is -1.97. The maximum absolute atomic E-state index is 13.1. The van der Waals surface area contributed by atoms with Crippen LogP contribution in [0.5, 0.6) is 11.5 Å². The molecule has 1 aliphatic rings. The van der Waals surface area contributed by atoms with Gasteiger partial charge in [0.25, 0.3) is 0 Å². The standard InChI is InChI=1S/C15H14FNO2/c16-11-3-4-12(13(17)9-11)10-2-5-14-15(8-10)19-7-1-6-18-14/h2-5,8-9H,1,6-7,17H2. The molecule has 0 unspecified atom stereocenters. The van der Waals surface area contributed by atoms with Gasteiger partial charge in [-0.3, -0.25) is 0 Å². The second kappa shape index (κ2) is 4.80. The summed E-state index contributed by atoms with van der Waals surface area (Å²) in [5, 5.41) is 0. The highest BCUT2D eigenvalue weighted by atomic mass is 19.1. The van der Waals surface area contributed by atoms with Crippen molar-refractivity contribution in [2.75, 3.05) is 18.9 Å². The van der Waals surface area contributed by atoms with Gasteiger partial charge in [-0.2, -0.15) is 0 Å². The monoisotopic (exact) mass is 259 g/mol. The van der Waals surface area contributed by atoms with Crippen molar-refractivity contribution in [1.82, 2.24) is 0 Å². The van der Waals surface area contributed by atoms with Crippen LogP contribution in [0.25, 0.3) is 11.1 Å². The number of hydrogen-bond donors (Lipinski definition) is 1. The van der Waals surface area contributed by atoms with Gasteiger partial charge in [0.05, 0.1) is 13.2 Å². The fraction of sp³-hybridized carbons (Fsp3) is 0.200. The lowest BCUT2D eigenvalue weighted by atomic mass is 10.0. The Morgan fingerprint density at radius 2 is 1.74 bits per heavy atom. The fourth-order valence-electron chi connectivity index (χ4n) is 2.13. The summed E-state index contributed by atoms with van der Waals surface area (Å²) in [4.78, 5) is 0. The minimum absolute atomic E-state index is 0.337. The molecule has 2 N–H and O–H groups in total. The van der Waals surface area contributed by atoms with Crippen LogP contribution in [0.2, 0.25) is 0 Å². The molecule has 3 rings (SSSR count). The van der Waals surface area contributed by atoms with E-state index in [1.54, 1.807) is 6.07 Å². The van der Waals surface area contributed by atoms with Crippen molar-refractivity contribution >= 4 is 5.69 Å². The Morgan fingerprint density at radius 3 is 2.53 bits per heavy atom. The van der Waals surface area contributed by atoms with Crippen molar-refractivity contribution in [1.29, 1.82) is 0 Å². The van der Waals surface area contributed by atoms with E-state index in [2.05, 4.69) is 0 Å². The molecule has 4 heteroatoms. The normalized spacial score (nSPS) is 13.9. The van der Waals surface area contributed by atoms with Crippen molar-refractivity contribution in [3.05, 3.63) is 42.2 Å². The first-order chi connectivity index (χ1) is 9.24. The molecule has 2 aromatic rings. The molecule has 2 aromatic carbocycles. The second-order valence-electron chi connectivity index (χ2n) is 4.44. The van der Waals surface area contributed by atoms with Crippen LogP contribution in [0.1, 0.15) is 6.42 Å². The lowest BCUT2D eigenvalue weighted by molar-refractivity contribution is 0.297. The molecule has 0 spiro atoms. The molecule has 3 nitrogen and oxygen atoms in total. The molecular formula is C15H14FNO2. The van der Waals surface area contributed by atoms with Gasteiger partial charge < -0.3 is 15.2 Å². The summed E-state index contributed by atoms with van der Waals surface area (Å²) >= 11 is 0. The molecule has 0 radical (unpaired) electrons. The van der Waals surface area contributed by atoms with Crippen molar-refractivity contribution < 1.29 is 13.9 Å². The van der Waals surface area contributed by atoms with E-state index in [0.717, 1.165) is 23.3 Å². The number of fused-ring (bicyclic) bond motifs is 1. The molecule has 0 saturated carbocycles. The maximum atomic E-state index is 13.1. The van der Waals surface area contributed by atoms with E-state index < -0.39 is 0 Å². The number of rotatable bonds is 1. The van der Waals surface area contributed by atoms with Crippen LogP contribution < -0.4 is 15.2 Å². The number of benzene rings is 2. The Morgan fingerprint density at radius 1 is 0.947 bits per heavy atom. The third-order valence-corrected chi connectivity index (χ3v) is 3.07. The van der Waals surface area contributed by atoms with Gasteiger partial charge in [-0.25, -0.2) is 4.39 Å².